The van der Waals surface area contributed by atoms with Gasteiger partial charge in [-0.2, -0.15) is 0 Å². The Balaban J connectivity index is 3.03. The minimum atomic E-state index is -2.74. The fraction of sp³-hybridized carbons (Fsp3) is 0.250. The van der Waals surface area contributed by atoms with E-state index in [2.05, 4.69) is 15.9 Å². The number of rotatable bonds is 2. The number of hydrogen-bond acceptors (Lipinski definition) is 0. The molecule has 0 aromatic heterocycles. The van der Waals surface area contributed by atoms with Gasteiger partial charge in [0.15, 0.2) is 0 Å². The van der Waals surface area contributed by atoms with Crippen molar-refractivity contribution in [3.05, 3.63) is 35.1 Å². The normalized spacial score (nSPS) is 10.8. The molecule has 0 radical (unpaired) electrons. The molecule has 0 aliphatic carbocycles. The largest absolute Gasteiger partial charge is 0.266 e. The average Bonchev–Trinajstić information content (AvgIpc) is 2.03. The lowest BCUT2D eigenvalue weighted by Gasteiger charge is -2.02. The molecule has 0 N–H and O–H groups in total. The summed E-state index contributed by atoms with van der Waals surface area (Å²) in [6.07, 6.45) is -2.74. The molecule has 0 nitrogen and oxygen atoms in total. The quantitative estimate of drug-likeness (QED) is 0.691. The van der Waals surface area contributed by atoms with Crippen molar-refractivity contribution in [1.82, 2.24) is 0 Å². The highest BCUT2D eigenvalue weighted by Crippen LogP contribution is 2.23. The van der Waals surface area contributed by atoms with Gasteiger partial charge >= 0.3 is 0 Å². The Morgan fingerprint density at radius 3 is 2.42 bits per heavy atom. The summed E-state index contributed by atoms with van der Waals surface area (Å²) in [6.45, 7) is 0. The smallest absolute Gasteiger partial charge is 0.206 e. The van der Waals surface area contributed by atoms with Crippen LogP contribution in [0.1, 0.15) is 17.6 Å². The van der Waals surface area contributed by atoms with E-state index in [0.717, 1.165) is 12.1 Å². The van der Waals surface area contributed by atoms with Gasteiger partial charge in [-0.05, 0) is 11.6 Å². The van der Waals surface area contributed by atoms with E-state index in [4.69, 9.17) is 0 Å². The summed E-state index contributed by atoms with van der Waals surface area (Å²) in [5.41, 5.74) is 0.108. The molecule has 1 rings (SSSR count). The first kappa shape index (κ1) is 9.58. The molecular weight excluding hydrogens is 233 g/mol. The zero-order valence-corrected chi connectivity index (χ0v) is 7.61. The van der Waals surface area contributed by atoms with Crippen LogP contribution in [0.2, 0.25) is 0 Å². The minimum absolute atomic E-state index is 0.466. The summed E-state index contributed by atoms with van der Waals surface area (Å²) in [4.78, 5) is 0. The SMILES string of the molecule is Fc1cc(CBr)ccc1C(F)F. The van der Waals surface area contributed by atoms with E-state index >= 15 is 0 Å². The van der Waals surface area contributed by atoms with E-state index in [1.165, 1.54) is 6.07 Å². The van der Waals surface area contributed by atoms with Crippen LogP contribution in [0.4, 0.5) is 13.2 Å². The van der Waals surface area contributed by atoms with Crippen molar-refractivity contribution in [2.24, 2.45) is 0 Å². The van der Waals surface area contributed by atoms with Gasteiger partial charge in [-0.3, -0.25) is 0 Å². The van der Waals surface area contributed by atoms with Crippen LogP contribution in [0, 0.1) is 5.82 Å². The van der Waals surface area contributed by atoms with Gasteiger partial charge in [0.05, 0.1) is 5.56 Å². The van der Waals surface area contributed by atoms with Crippen LogP contribution in [0.5, 0.6) is 0 Å². The minimum Gasteiger partial charge on any atom is -0.206 e. The van der Waals surface area contributed by atoms with Gasteiger partial charge in [0.25, 0.3) is 6.43 Å². The van der Waals surface area contributed by atoms with E-state index in [-0.39, 0.29) is 0 Å². The van der Waals surface area contributed by atoms with Crippen molar-refractivity contribution in [1.29, 1.82) is 0 Å². The molecule has 12 heavy (non-hydrogen) atoms. The van der Waals surface area contributed by atoms with Gasteiger partial charge in [0, 0.05) is 5.33 Å². The highest BCUT2D eigenvalue weighted by atomic mass is 79.9. The molecule has 0 spiro atoms. The van der Waals surface area contributed by atoms with Gasteiger partial charge in [-0.25, -0.2) is 13.2 Å². The summed E-state index contributed by atoms with van der Waals surface area (Å²) in [5.74, 6) is -0.845. The Kier molecular flexibility index (Phi) is 3.14. The van der Waals surface area contributed by atoms with Gasteiger partial charge in [0.2, 0.25) is 0 Å². The molecular formula is C8H6BrF3. The lowest BCUT2D eigenvalue weighted by molar-refractivity contribution is 0.146. The lowest BCUT2D eigenvalue weighted by Crippen LogP contribution is -1.91. The summed E-state index contributed by atoms with van der Waals surface area (Å²) >= 11 is 3.10. The fourth-order valence-electron chi connectivity index (χ4n) is 0.831. The zero-order valence-electron chi connectivity index (χ0n) is 6.03. The van der Waals surface area contributed by atoms with Gasteiger partial charge in [-0.1, -0.05) is 28.1 Å². The molecule has 0 fully saturated rings. The third kappa shape index (κ3) is 2.00. The Bertz CT molecular complexity index is 273. The highest BCUT2D eigenvalue weighted by Gasteiger charge is 2.12. The van der Waals surface area contributed by atoms with Crippen molar-refractivity contribution >= 4 is 15.9 Å². The molecule has 0 amide bonds. The summed E-state index contributed by atoms with van der Waals surface area (Å²) in [5, 5.41) is 0.466. The lowest BCUT2D eigenvalue weighted by atomic mass is 10.1. The first-order chi connectivity index (χ1) is 5.65. The second kappa shape index (κ2) is 3.94. The van der Waals surface area contributed by atoms with E-state index < -0.39 is 17.8 Å². The van der Waals surface area contributed by atoms with Crippen LogP contribution >= 0.6 is 15.9 Å². The topological polar surface area (TPSA) is 0 Å². The van der Waals surface area contributed by atoms with Crippen LogP contribution in [0.15, 0.2) is 18.2 Å². The summed E-state index contributed by atoms with van der Waals surface area (Å²) in [7, 11) is 0. The maximum absolute atomic E-state index is 12.8. The maximum Gasteiger partial charge on any atom is 0.266 e. The van der Waals surface area contributed by atoms with Crippen LogP contribution in [-0.2, 0) is 5.33 Å². The van der Waals surface area contributed by atoms with Crippen molar-refractivity contribution in [2.45, 2.75) is 11.8 Å². The first-order valence-corrected chi connectivity index (χ1v) is 4.39. The monoisotopic (exact) mass is 238 g/mol. The number of halogens is 4. The Morgan fingerprint density at radius 2 is 2.00 bits per heavy atom. The second-order valence-electron chi connectivity index (χ2n) is 2.29. The van der Waals surface area contributed by atoms with Crippen LogP contribution < -0.4 is 0 Å². The van der Waals surface area contributed by atoms with Crippen LogP contribution in [0.3, 0.4) is 0 Å². The van der Waals surface area contributed by atoms with Crippen LogP contribution in [-0.4, -0.2) is 0 Å². The van der Waals surface area contributed by atoms with Crippen molar-refractivity contribution in [2.75, 3.05) is 0 Å². The molecule has 1 aromatic carbocycles. The van der Waals surface area contributed by atoms with Crippen molar-refractivity contribution < 1.29 is 13.2 Å². The molecule has 4 heteroatoms. The predicted molar refractivity (Wildman–Crippen MR) is 44.0 cm³/mol. The molecule has 0 atom stereocenters. The highest BCUT2D eigenvalue weighted by molar-refractivity contribution is 9.08. The summed E-state index contributed by atoms with van der Waals surface area (Å²) < 4.78 is 36.8. The number of benzene rings is 1. The molecule has 0 aliphatic heterocycles. The average molecular weight is 239 g/mol. The van der Waals surface area contributed by atoms with Gasteiger partial charge < -0.3 is 0 Å². The van der Waals surface area contributed by atoms with Gasteiger partial charge in [0.1, 0.15) is 5.82 Å². The Labute approximate surface area is 76.5 Å². The molecule has 0 unspecified atom stereocenters. The molecule has 0 saturated heterocycles. The number of alkyl halides is 3. The molecule has 0 aliphatic rings. The van der Waals surface area contributed by atoms with E-state index in [0.29, 0.717) is 10.9 Å². The predicted octanol–water partition coefficient (Wildman–Crippen LogP) is 3.66. The molecule has 0 saturated carbocycles. The van der Waals surface area contributed by atoms with Crippen molar-refractivity contribution in [3.8, 4) is 0 Å². The van der Waals surface area contributed by atoms with Crippen molar-refractivity contribution in [3.63, 3.8) is 0 Å². The third-order valence-electron chi connectivity index (χ3n) is 1.45. The second-order valence-corrected chi connectivity index (χ2v) is 2.85. The standard InChI is InChI=1S/C8H6BrF3/c9-4-5-1-2-6(8(11)12)7(10)3-5/h1-3,8H,4H2. The maximum atomic E-state index is 12.8. The zero-order chi connectivity index (χ0) is 9.14. The number of hydrogen-bond donors (Lipinski definition) is 0. The van der Waals surface area contributed by atoms with E-state index in [9.17, 15) is 13.2 Å². The first-order valence-electron chi connectivity index (χ1n) is 3.27. The van der Waals surface area contributed by atoms with Crippen LogP contribution in [0.25, 0.3) is 0 Å². The molecule has 0 bridgehead atoms. The van der Waals surface area contributed by atoms with E-state index in [1.54, 1.807) is 0 Å². The van der Waals surface area contributed by atoms with E-state index in [1.807, 2.05) is 0 Å². The Morgan fingerprint density at radius 1 is 1.33 bits per heavy atom. The molecule has 0 heterocycles. The fourth-order valence-corrected chi connectivity index (χ4v) is 1.18. The third-order valence-corrected chi connectivity index (χ3v) is 2.10. The van der Waals surface area contributed by atoms with Gasteiger partial charge in [-0.15, -0.1) is 0 Å². The molecule has 66 valence electrons. The molecule has 1 aromatic rings. The Hall–Kier alpha value is -0.510. The summed E-state index contributed by atoms with van der Waals surface area (Å²) in [6, 6.07) is 3.69.